The lowest BCUT2D eigenvalue weighted by atomic mass is 10.0. The summed E-state index contributed by atoms with van der Waals surface area (Å²) < 4.78 is 19.4. The quantitative estimate of drug-likeness (QED) is 0.912. The van der Waals surface area contributed by atoms with Crippen molar-refractivity contribution in [3.05, 3.63) is 35.7 Å². The van der Waals surface area contributed by atoms with Crippen LogP contribution in [-0.2, 0) is 0 Å². The lowest BCUT2D eigenvalue weighted by Crippen LogP contribution is -2.19. The smallest absolute Gasteiger partial charge is 0.161 e. The maximum atomic E-state index is 5.59. The van der Waals surface area contributed by atoms with Crippen LogP contribution in [0.1, 0.15) is 17.3 Å². The van der Waals surface area contributed by atoms with Crippen LogP contribution in [-0.4, -0.2) is 29.0 Å². The fourth-order valence-corrected chi connectivity index (χ4v) is 2.47. The highest BCUT2D eigenvalue weighted by Crippen LogP contribution is 2.33. The Balaban J connectivity index is 1.95. The average molecular weight is 263 g/mol. The van der Waals surface area contributed by atoms with Crippen LogP contribution in [0.15, 0.2) is 24.4 Å². The van der Waals surface area contributed by atoms with Crippen molar-refractivity contribution in [2.45, 2.75) is 6.04 Å². The van der Waals surface area contributed by atoms with Gasteiger partial charge in [-0.25, -0.2) is 0 Å². The van der Waals surface area contributed by atoms with E-state index in [0.717, 1.165) is 22.8 Å². The minimum atomic E-state index is 0.0274. The first-order valence-electron chi connectivity index (χ1n) is 5.73. The third kappa shape index (κ3) is 2.04. The molecule has 94 valence electrons. The van der Waals surface area contributed by atoms with Gasteiger partial charge in [0.15, 0.2) is 11.5 Å². The Kier molecular flexibility index (Phi) is 3.12. The molecule has 2 aromatic rings. The van der Waals surface area contributed by atoms with E-state index in [1.807, 2.05) is 25.2 Å². The second-order valence-corrected chi connectivity index (χ2v) is 4.51. The zero-order valence-corrected chi connectivity index (χ0v) is 10.7. The van der Waals surface area contributed by atoms with E-state index in [2.05, 4.69) is 14.1 Å². The highest BCUT2D eigenvalue weighted by atomic mass is 32.1. The van der Waals surface area contributed by atoms with E-state index < -0.39 is 0 Å². The van der Waals surface area contributed by atoms with Gasteiger partial charge in [0.25, 0.3) is 0 Å². The van der Waals surface area contributed by atoms with Crippen LogP contribution in [0.4, 0.5) is 0 Å². The van der Waals surface area contributed by atoms with Crippen molar-refractivity contribution in [1.29, 1.82) is 0 Å². The van der Waals surface area contributed by atoms with Crippen molar-refractivity contribution in [1.82, 2.24) is 14.1 Å². The molecule has 6 heteroatoms. The van der Waals surface area contributed by atoms with Gasteiger partial charge < -0.3 is 14.8 Å². The first-order chi connectivity index (χ1) is 8.88. The molecule has 1 unspecified atom stereocenters. The third-order valence-electron chi connectivity index (χ3n) is 2.86. The van der Waals surface area contributed by atoms with Crippen molar-refractivity contribution in [3.63, 3.8) is 0 Å². The van der Waals surface area contributed by atoms with E-state index in [1.54, 1.807) is 6.20 Å². The Morgan fingerprint density at radius 1 is 1.28 bits per heavy atom. The Morgan fingerprint density at radius 3 is 2.83 bits per heavy atom. The summed E-state index contributed by atoms with van der Waals surface area (Å²) in [6.07, 6.45) is 1.78. The number of rotatable bonds is 3. The van der Waals surface area contributed by atoms with Crippen molar-refractivity contribution < 1.29 is 9.47 Å². The molecule has 2 heterocycles. The lowest BCUT2D eigenvalue weighted by molar-refractivity contribution is 0.171. The van der Waals surface area contributed by atoms with Gasteiger partial charge in [-0.15, -0.1) is 0 Å². The standard InChI is InChI=1S/C12H13N3O2S/c1-13-12(9-7-14-18-15-9)8-2-3-10-11(6-8)17-5-4-16-10/h2-3,6-7,12-13H,4-5H2,1H3. The van der Waals surface area contributed by atoms with Crippen molar-refractivity contribution in [2.24, 2.45) is 0 Å². The molecule has 18 heavy (non-hydrogen) atoms. The van der Waals surface area contributed by atoms with Crippen molar-refractivity contribution in [2.75, 3.05) is 20.3 Å². The molecule has 0 spiro atoms. The van der Waals surface area contributed by atoms with Gasteiger partial charge in [-0.3, -0.25) is 0 Å². The summed E-state index contributed by atoms with van der Waals surface area (Å²) in [7, 11) is 1.90. The molecule has 0 amide bonds. The molecular weight excluding hydrogens is 250 g/mol. The molecule has 1 atom stereocenters. The van der Waals surface area contributed by atoms with E-state index in [9.17, 15) is 0 Å². The topological polar surface area (TPSA) is 56.3 Å². The van der Waals surface area contributed by atoms with E-state index in [0.29, 0.717) is 13.2 Å². The zero-order valence-electron chi connectivity index (χ0n) is 9.92. The molecule has 1 aromatic carbocycles. The Bertz CT molecular complexity index is 530. The summed E-state index contributed by atoms with van der Waals surface area (Å²) >= 11 is 1.21. The Labute approximate surface area is 109 Å². The second-order valence-electron chi connectivity index (χ2n) is 3.96. The highest BCUT2D eigenvalue weighted by molar-refractivity contribution is 6.99. The highest BCUT2D eigenvalue weighted by Gasteiger charge is 2.18. The van der Waals surface area contributed by atoms with Crippen LogP contribution in [0.5, 0.6) is 11.5 Å². The van der Waals surface area contributed by atoms with Crippen LogP contribution in [0.25, 0.3) is 0 Å². The predicted octanol–water partition coefficient (Wildman–Crippen LogP) is 1.62. The minimum absolute atomic E-state index is 0.0274. The van der Waals surface area contributed by atoms with Crippen LogP contribution in [0.2, 0.25) is 0 Å². The van der Waals surface area contributed by atoms with E-state index in [4.69, 9.17) is 9.47 Å². The molecule has 5 nitrogen and oxygen atoms in total. The number of ether oxygens (including phenoxy) is 2. The minimum Gasteiger partial charge on any atom is -0.486 e. The molecule has 1 aliphatic heterocycles. The normalized spacial score (nSPS) is 15.4. The van der Waals surface area contributed by atoms with Gasteiger partial charge in [-0.1, -0.05) is 6.07 Å². The number of benzene rings is 1. The molecule has 1 N–H and O–H groups in total. The molecule has 0 saturated carbocycles. The summed E-state index contributed by atoms with van der Waals surface area (Å²) in [6.45, 7) is 1.21. The number of nitrogens with zero attached hydrogens (tertiary/aromatic N) is 2. The van der Waals surface area contributed by atoms with Gasteiger partial charge in [0.2, 0.25) is 0 Å². The van der Waals surface area contributed by atoms with E-state index in [-0.39, 0.29) is 6.04 Å². The summed E-state index contributed by atoms with van der Waals surface area (Å²) in [6, 6.07) is 5.98. The summed E-state index contributed by atoms with van der Waals surface area (Å²) in [5.74, 6) is 1.60. The van der Waals surface area contributed by atoms with Crippen LogP contribution in [0, 0.1) is 0 Å². The summed E-state index contributed by atoms with van der Waals surface area (Å²) in [5, 5.41) is 3.24. The largest absolute Gasteiger partial charge is 0.486 e. The number of aromatic nitrogens is 2. The molecule has 3 rings (SSSR count). The average Bonchev–Trinajstić information content (AvgIpc) is 2.93. The first kappa shape index (κ1) is 11.4. The molecular formula is C12H13N3O2S. The van der Waals surface area contributed by atoms with Gasteiger partial charge in [-0.2, -0.15) is 8.75 Å². The van der Waals surface area contributed by atoms with E-state index >= 15 is 0 Å². The number of hydrogen-bond acceptors (Lipinski definition) is 6. The Morgan fingerprint density at radius 2 is 2.11 bits per heavy atom. The number of hydrogen-bond donors (Lipinski definition) is 1. The van der Waals surface area contributed by atoms with Gasteiger partial charge in [0.1, 0.15) is 13.2 Å². The maximum absolute atomic E-state index is 5.59. The lowest BCUT2D eigenvalue weighted by Gasteiger charge is -2.21. The van der Waals surface area contributed by atoms with Gasteiger partial charge in [0, 0.05) is 0 Å². The molecule has 0 bridgehead atoms. The van der Waals surface area contributed by atoms with Crippen LogP contribution >= 0.6 is 11.7 Å². The zero-order chi connectivity index (χ0) is 12.4. The van der Waals surface area contributed by atoms with Crippen LogP contribution < -0.4 is 14.8 Å². The molecule has 0 fully saturated rings. The fourth-order valence-electron chi connectivity index (χ4n) is 2.02. The van der Waals surface area contributed by atoms with Crippen molar-refractivity contribution in [3.8, 4) is 11.5 Å². The number of fused-ring (bicyclic) bond motifs is 1. The van der Waals surface area contributed by atoms with E-state index in [1.165, 1.54) is 11.7 Å². The SMILES string of the molecule is CNC(c1ccc2c(c1)OCCO2)c1cnsn1. The van der Waals surface area contributed by atoms with Crippen LogP contribution in [0.3, 0.4) is 0 Å². The van der Waals surface area contributed by atoms with Gasteiger partial charge >= 0.3 is 0 Å². The molecule has 0 radical (unpaired) electrons. The monoisotopic (exact) mass is 263 g/mol. The van der Waals surface area contributed by atoms with Crippen molar-refractivity contribution >= 4 is 11.7 Å². The van der Waals surface area contributed by atoms with Gasteiger partial charge in [-0.05, 0) is 24.7 Å². The summed E-state index contributed by atoms with van der Waals surface area (Å²) in [5.41, 5.74) is 2.01. The molecule has 0 aliphatic carbocycles. The second kappa shape index (κ2) is 4.91. The fraction of sp³-hybridized carbons (Fsp3) is 0.333. The van der Waals surface area contributed by atoms with Gasteiger partial charge in [0.05, 0.1) is 29.7 Å². The maximum Gasteiger partial charge on any atom is 0.161 e. The Hall–Kier alpha value is -1.66. The predicted molar refractivity (Wildman–Crippen MR) is 68.2 cm³/mol. The molecule has 1 aliphatic rings. The molecule has 0 saturated heterocycles. The molecule has 1 aromatic heterocycles. The third-order valence-corrected chi connectivity index (χ3v) is 3.35. The first-order valence-corrected chi connectivity index (χ1v) is 6.46. The number of nitrogens with one attached hydrogen (secondary N) is 1. The summed E-state index contributed by atoms with van der Waals surface area (Å²) in [4.78, 5) is 0.